The lowest BCUT2D eigenvalue weighted by molar-refractivity contribution is -0.135. The fraction of sp³-hybridized carbons (Fsp3) is 0.0556. The molecule has 3 rings (SSSR count). The third-order valence-electron chi connectivity index (χ3n) is 3.35. The highest BCUT2D eigenvalue weighted by molar-refractivity contribution is 6.03. The standard InChI is InChI=1S/C18H14O2/c1-20-18(19)17-11-15-8-4-2-6-13(15)10-14-7-3-5-9-16(14)12-17/h2-12H,1H3/b13-10?,14-10?,15-11-,16-12?,17-11?,17-12+. The SMILES string of the molecule is COC(=O)C1=C/c2ccccc2C=c2cccc\c2=C\1. The van der Waals surface area contributed by atoms with Crippen molar-refractivity contribution in [1.29, 1.82) is 0 Å². The Kier molecular flexibility index (Phi) is 3.21. The summed E-state index contributed by atoms with van der Waals surface area (Å²) >= 11 is 0. The van der Waals surface area contributed by atoms with Crippen LogP contribution in [0.25, 0.3) is 18.2 Å². The second-order valence-electron chi connectivity index (χ2n) is 4.64. The van der Waals surface area contributed by atoms with Crippen LogP contribution in [0.3, 0.4) is 0 Å². The number of benzene rings is 2. The van der Waals surface area contributed by atoms with Crippen molar-refractivity contribution in [2.45, 2.75) is 0 Å². The lowest BCUT2D eigenvalue weighted by Gasteiger charge is -2.07. The molecule has 1 aliphatic rings. The molecular formula is C18H14O2. The molecule has 0 saturated carbocycles. The molecule has 2 aromatic carbocycles. The quantitative estimate of drug-likeness (QED) is 0.733. The Morgan fingerprint density at radius 1 is 0.800 bits per heavy atom. The molecule has 98 valence electrons. The van der Waals surface area contributed by atoms with Crippen molar-refractivity contribution in [1.82, 2.24) is 0 Å². The van der Waals surface area contributed by atoms with Gasteiger partial charge in [-0.25, -0.2) is 4.79 Å². The molecule has 0 N–H and O–H groups in total. The van der Waals surface area contributed by atoms with Gasteiger partial charge in [0, 0.05) is 0 Å². The topological polar surface area (TPSA) is 26.3 Å². The molecule has 0 amide bonds. The molecule has 0 spiro atoms. The first kappa shape index (κ1) is 12.4. The van der Waals surface area contributed by atoms with Crippen LogP contribution in [0.1, 0.15) is 11.1 Å². The van der Waals surface area contributed by atoms with Crippen LogP contribution in [0.2, 0.25) is 0 Å². The molecule has 0 radical (unpaired) electrons. The van der Waals surface area contributed by atoms with Gasteiger partial charge in [0.15, 0.2) is 0 Å². The lowest BCUT2D eigenvalue weighted by atomic mass is 9.99. The van der Waals surface area contributed by atoms with Gasteiger partial charge in [-0.05, 0) is 39.8 Å². The first-order valence-corrected chi connectivity index (χ1v) is 6.45. The lowest BCUT2D eigenvalue weighted by Crippen LogP contribution is -2.25. The smallest absolute Gasteiger partial charge is 0.337 e. The fourth-order valence-corrected chi connectivity index (χ4v) is 2.33. The molecule has 2 nitrogen and oxygen atoms in total. The van der Waals surface area contributed by atoms with Crippen molar-refractivity contribution < 1.29 is 9.53 Å². The molecule has 0 aromatic heterocycles. The monoisotopic (exact) mass is 262 g/mol. The second-order valence-corrected chi connectivity index (χ2v) is 4.64. The van der Waals surface area contributed by atoms with E-state index in [0.29, 0.717) is 5.57 Å². The van der Waals surface area contributed by atoms with Crippen molar-refractivity contribution in [3.63, 3.8) is 0 Å². The van der Waals surface area contributed by atoms with Crippen molar-refractivity contribution in [3.05, 3.63) is 75.7 Å². The number of hydrogen-bond donors (Lipinski definition) is 0. The van der Waals surface area contributed by atoms with E-state index in [4.69, 9.17) is 4.74 Å². The van der Waals surface area contributed by atoms with E-state index in [1.54, 1.807) is 0 Å². The number of esters is 1. The normalized spacial score (nSPS) is 16.9. The number of rotatable bonds is 1. The van der Waals surface area contributed by atoms with Gasteiger partial charge in [-0.1, -0.05) is 48.5 Å². The van der Waals surface area contributed by atoms with Gasteiger partial charge in [0.05, 0.1) is 12.7 Å². The zero-order valence-corrected chi connectivity index (χ0v) is 11.2. The van der Waals surface area contributed by atoms with Gasteiger partial charge in [0.25, 0.3) is 0 Å². The Labute approximate surface area is 117 Å². The van der Waals surface area contributed by atoms with Crippen LogP contribution < -0.4 is 10.4 Å². The van der Waals surface area contributed by atoms with Crippen LogP contribution >= 0.6 is 0 Å². The van der Waals surface area contributed by atoms with Crippen LogP contribution in [0.5, 0.6) is 0 Å². The van der Waals surface area contributed by atoms with E-state index in [2.05, 4.69) is 6.08 Å². The molecule has 0 atom stereocenters. The highest BCUT2D eigenvalue weighted by atomic mass is 16.5. The summed E-state index contributed by atoms with van der Waals surface area (Å²) in [5.74, 6) is -0.323. The average Bonchev–Trinajstić information content (AvgIpc) is 2.46. The number of methoxy groups -OCH3 is 1. The van der Waals surface area contributed by atoms with E-state index in [1.807, 2.05) is 60.7 Å². The molecule has 2 heteroatoms. The summed E-state index contributed by atoms with van der Waals surface area (Å²) in [5.41, 5.74) is 2.66. The van der Waals surface area contributed by atoms with E-state index in [0.717, 1.165) is 21.6 Å². The van der Waals surface area contributed by atoms with Gasteiger partial charge in [-0.3, -0.25) is 0 Å². The number of carbonyl (C=O) groups is 1. The zero-order valence-electron chi connectivity index (χ0n) is 11.2. The number of fused-ring (bicyclic) bond motifs is 2. The largest absolute Gasteiger partial charge is 0.465 e. The summed E-state index contributed by atoms with van der Waals surface area (Å²) in [6.07, 6.45) is 5.87. The van der Waals surface area contributed by atoms with Crippen molar-refractivity contribution in [2.24, 2.45) is 0 Å². The van der Waals surface area contributed by atoms with Crippen LogP contribution in [-0.2, 0) is 9.53 Å². The van der Waals surface area contributed by atoms with E-state index < -0.39 is 0 Å². The highest BCUT2D eigenvalue weighted by Gasteiger charge is 2.09. The molecule has 0 heterocycles. The van der Waals surface area contributed by atoms with Gasteiger partial charge in [0.1, 0.15) is 0 Å². The maximum atomic E-state index is 11.9. The molecular weight excluding hydrogens is 248 g/mol. The van der Waals surface area contributed by atoms with Crippen LogP contribution in [0, 0.1) is 0 Å². The summed E-state index contributed by atoms with van der Waals surface area (Å²) < 4.78 is 4.87. The average molecular weight is 262 g/mol. The Morgan fingerprint density at radius 2 is 1.35 bits per heavy atom. The second kappa shape index (κ2) is 5.17. The Hall–Kier alpha value is -2.61. The summed E-state index contributed by atoms with van der Waals surface area (Å²) in [6, 6.07) is 16.0. The Morgan fingerprint density at radius 3 is 2.00 bits per heavy atom. The van der Waals surface area contributed by atoms with Gasteiger partial charge in [0.2, 0.25) is 0 Å². The maximum Gasteiger partial charge on any atom is 0.337 e. The van der Waals surface area contributed by atoms with E-state index in [9.17, 15) is 4.79 Å². The highest BCUT2D eigenvalue weighted by Crippen LogP contribution is 2.16. The summed E-state index contributed by atoms with van der Waals surface area (Å²) in [4.78, 5) is 11.9. The fourth-order valence-electron chi connectivity index (χ4n) is 2.33. The van der Waals surface area contributed by atoms with Gasteiger partial charge < -0.3 is 4.74 Å². The van der Waals surface area contributed by atoms with Crippen LogP contribution in [0.15, 0.2) is 54.1 Å². The van der Waals surface area contributed by atoms with Gasteiger partial charge in [-0.2, -0.15) is 0 Å². The molecule has 20 heavy (non-hydrogen) atoms. The van der Waals surface area contributed by atoms with Gasteiger partial charge >= 0.3 is 5.97 Å². The predicted octanol–water partition coefficient (Wildman–Crippen LogP) is 1.87. The van der Waals surface area contributed by atoms with Crippen LogP contribution in [0.4, 0.5) is 0 Å². The van der Waals surface area contributed by atoms with E-state index in [-0.39, 0.29) is 5.97 Å². The molecule has 0 bridgehead atoms. The molecule has 1 aliphatic carbocycles. The number of hydrogen-bond acceptors (Lipinski definition) is 2. The number of ether oxygens (including phenoxy) is 1. The predicted molar refractivity (Wildman–Crippen MR) is 80.2 cm³/mol. The Balaban J connectivity index is 2.37. The summed E-state index contributed by atoms with van der Waals surface area (Å²) in [6.45, 7) is 0. The number of carbonyl (C=O) groups excluding carboxylic acids is 1. The van der Waals surface area contributed by atoms with Crippen molar-refractivity contribution >= 4 is 24.2 Å². The third-order valence-corrected chi connectivity index (χ3v) is 3.35. The van der Waals surface area contributed by atoms with Crippen molar-refractivity contribution in [3.8, 4) is 0 Å². The molecule has 2 aromatic rings. The third kappa shape index (κ3) is 2.28. The van der Waals surface area contributed by atoms with Crippen LogP contribution in [-0.4, -0.2) is 13.1 Å². The minimum absolute atomic E-state index is 0.323. The van der Waals surface area contributed by atoms with E-state index >= 15 is 0 Å². The minimum Gasteiger partial charge on any atom is -0.465 e. The minimum atomic E-state index is -0.323. The zero-order chi connectivity index (χ0) is 13.9. The molecule has 0 fully saturated rings. The molecule has 0 saturated heterocycles. The van der Waals surface area contributed by atoms with Crippen molar-refractivity contribution in [2.75, 3.05) is 7.11 Å². The van der Waals surface area contributed by atoms with E-state index in [1.165, 1.54) is 7.11 Å². The molecule has 0 unspecified atom stereocenters. The summed E-state index contributed by atoms with van der Waals surface area (Å²) in [7, 11) is 1.40. The van der Waals surface area contributed by atoms with Gasteiger partial charge in [-0.15, -0.1) is 0 Å². The molecule has 0 aliphatic heterocycles. The summed E-state index contributed by atoms with van der Waals surface area (Å²) in [5, 5.41) is 2.10. The Bertz CT molecular complexity index is 813. The maximum absolute atomic E-state index is 11.9. The first-order valence-electron chi connectivity index (χ1n) is 6.45. The first-order chi connectivity index (χ1) is 9.78.